The van der Waals surface area contributed by atoms with E-state index in [0.717, 1.165) is 26.6 Å². The Labute approximate surface area is 141 Å². The van der Waals surface area contributed by atoms with Crippen molar-refractivity contribution >= 4 is 38.6 Å². The van der Waals surface area contributed by atoms with E-state index in [4.69, 9.17) is 10.00 Å². The lowest BCUT2D eigenvalue weighted by Gasteiger charge is -2.08. The maximum atomic E-state index is 8.53. The largest absolute Gasteiger partial charge is 0.493 e. The molecule has 0 amide bonds. The number of aromatic nitrogens is 1. The van der Waals surface area contributed by atoms with Crippen LogP contribution in [0.1, 0.15) is 24.1 Å². The fraction of sp³-hybridized carbons (Fsp3) is 0.267. The number of nitrogens with one attached hydrogen (secondary N) is 1. The number of rotatable bonds is 7. The van der Waals surface area contributed by atoms with Crippen LogP contribution in [0.2, 0.25) is 0 Å². The fourth-order valence-electron chi connectivity index (χ4n) is 1.65. The molecule has 114 valence electrons. The SMILES string of the molecule is Cc1csc(NN=Cc2cc(Br)ccc2OCCCC#N)n1. The quantitative estimate of drug-likeness (QED) is 0.441. The van der Waals surface area contributed by atoms with E-state index >= 15 is 0 Å². The van der Waals surface area contributed by atoms with Crippen LogP contribution in [-0.2, 0) is 0 Å². The first-order valence-electron chi connectivity index (χ1n) is 6.69. The predicted octanol–water partition coefficient (Wildman–Crippen LogP) is 4.34. The van der Waals surface area contributed by atoms with Gasteiger partial charge in [0.2, 0.25) is 5.13 Å². The first-order chi connectivity index (χ1) is 10.7. The van der Waals surface area contributed by atoms with E-state index in [0.29, 0.717) is 19.4 Å². The van der Waals surface area contributed by atoms with Crippen LogP contribution in [0.5, 0.6) is 5.75 Å². The van der Waals surface area contributed by atoms with Crippen LogP contribution >= 0.6 is 27.3 Å². The number of anilines is 1. The molecule has 5 nitrogen and oxygen atoms in total. The van der Waals surface area contributed by atoms with Crippen LogP contribution in [0.25, 0.3) is 0 Å². The Morgan fingerprint density at radius 2 is 2.41 bits per heavy atom. The summed E-state index contributed by atoms with van der Waals surface area (Å²) in [4.78, 5) is 4.27. The second-order valence-corrected chi connectivity index (χ2v) is 6.23. The number of hydrogen-bond donors (Lipinski definition) is 1. The van der Waals surface area contributed by atoms with Crippen molar-refractivity contribution in [1.29, 1.82) is 5.26 Å². The van der Waals surface area contributed by atoms with Crippen LogP contribution in [-0.4, -0.2) is 17.8 Å². The summed E-state index contributed by atoms with van der Waals surface area (Å²) in [7, 11) is 0. The van der Waals surface area contributed by atoms with Crippen molar-refractivity contribution in [3.8, 4) is 11.8 Å². The predicted molar refractivity (Wildman–Crippen MR) is 92.6 cm³/mol. The molecular weight excluding hydrogens is 364 g/mol. The van der Waals surface area contributed by atoms with E-state index in [-0.39, 0.29) is 0 Å². The molecule has 0 saturated heterocycles. The minimum Gasteiger partial charge on any atom is -0.493 e. The molecule has 0 fully saturated rings. The van der Waals surface area contributed by atoms with Crippen molar-refractivity contribution in [2.75, 3.05) is 12.0 Å². The summed E-state index contributed by atoms with van der Waals surface area (Å²) in [5.74, 6) is 0.738. The number of benzene rings is 1. The van der Waals surface area contributed by atoms with Crippen LogP contribution in [0.4, 0.5) is 5.13 Å². The Kier molecular flexibility index (Phi) is 6.37. The van der Waals surface area contributed by atoms with Crippen LogP contribution in [0.3, 0.4) is 0 Å². The molecule has 0 radical (unpaired) electrons. The van der Waals surface area contributed by atoms with Gasteiger partial charge < -0.3 is 4.74 Å². The molecule has 0 aliphatic heterocycles. The molecule has 2 rings (SSSR count). The Balaban J connectivity index is 2.01. The van der Waals surface area contributed by atoms with Gasteiger partial charge in [0, 0.05) is 21.8 Å². The number of halogens is 1. The molecule has 0 unspecified atom stereocenters. The zero-order chi connectivity index (χ0) is 15.8. The Morgan fingerprint density at radius 1 is 1.55 bits per heavy atom. The molecule has 1 aromatic carbocycles. The van der Waals surface area contributed by atoms with Gasteiger partial charge in [0.25, 0.3) is 0 Å². The van der Waals surface area contributed by atoms with Gasteiger partial charge in [0.1, 0.15) is 5.75 Å². The molecule has 0 bridgehead atoms. The van der Waals surface area contributed by atoms with Gasteiger partial charge in [-0.3, -0.25) is 5.43 Å². The summed E-state index contributed by atoms with van der Waals surface area (Å²) in [5.41, 5.74) is 4.72. The second kappa shape index (κ2) is 8.51. The maximum Gasteiger partial charge on any atom is 0.203 e. The highest BCUT2D eigenvalue weighted by Gasteiger charge is 2.03. The lowest BCUT2D eigenvalue weighted by Crippen LogP contribution is -2.00. The van der Waals surface area contributed by atoms with Crippen molar-refractivity contribution in [2.45, 2.75) is 19.8 Å². The van der Waals surface area contributed by atoms with Crippen molar-refractivity contribution in [2.24, 2.45) is 5.10 Å². The zero-order valence-electron chi connectivity index (χ0n) is 12.0. The normalized spacial score (nSPS) is 10.6. The average molecular weight is 379 g/mol. The van der Waals surface area contributed by atoms with Gasteiger partial charge in [-0.25, -0.2) is 4.98 Å². The van der Waals surface area contributed by atoms with Crippen molar-refractivity contribution in [3.05, 3.63) is 39.3 Å². The van der Waals surface area contributed by atoms with Crippen LogP contribution in [0.15, 0.2) is 33.2 Å². The number of unbranched alkanes of at least 4 members (excludes halogenated alkanes) is 1. The van der Waals surface area contributed by atoms with Crippen LogP contribution in [0, 0.1) is 18.3 Å². The summed E-state index contributed by atoms with van der Waals surface area (Å²) in [6, 6.07) is 7.82. The third kappa shape index (κ3) is 5.13. The van der Waals surface area contributed by atoms with E-state index in [1.54, 1.807) is 6.21 Å². The van der Waals surface area contributed by atoms with Gasteiger partial charge in [0.05, 0.1) is 24.6 Å². The van der Waals surface area contributed by atoms with Gasteiger partial charge in [0.15, 0.2) is 0 Å². The smallest absolute Gasteiger partial charge is 0.203 e. The molecule has 7 heteroatoms. The molecule has 1 heterocycles. The molecule has 0 atom stereocenters. The number of hydrogen-bond acceptors (Lipinski definition) is 6. The van der Waals surface area contributed by atoms with Gasteiger partial charge in [-0.15, -0.1) is 11.3 Å². The van der Waals surface area contributed by atoms with E-state index in [1.807, 2.05) is 30.5 Å². The summed E-state index contributed by atoms with van der Waals surface area (Å²) in [5, 5.41) is 15.4. The number of aryl methyl sites for hydroxylation is 1. The lowest BCUT2D eigenvalue weighted by atomic mass is 10.2. The minimum atomic E-state index is 0.491. The van der Waals surface area contributed by atoms with Gasteiger partial charge in [-0.1, -0.05) is 15.9 Å². The third-order valence-electron chi connectivity index (χ3n) is 2.65. The summed E-state index contributed by atoms with van der Waals surface area (Å²) in [6.45, 7) is 2.45. The molecule has 22 heavy (non-hydrogen) atoms. The standard InChI is InChI=1S/C15H15BrN4OS/c1-11-10-22-15(19-11)20-18-9-12-8-13(16)4-5-14(12)21-7-3-2-6-17/h4-5,8-10H,2-3,7H2,1H3,(H,19,20). The van der Waals surface area contributed by atoms with Gasteiger partial charge in [-0.05, 0) is 31.5 Å². The average Bonchev–Trinajstić information content (AvgIpc) is 2.91. The minimum absolute atomic E-state index is 0.491. The topological polar surface area (TPSA) is 70.3 Å². The van der Waals surface area contributed by atoms with Crippen molar-refractivity contribution < 1.29 is 4.74 Å². The van der Waals surface area contributed by atoms with E-state index in [9.17, 15) is 0 Å². The maximum absolute atomic E-state index is 8.53. The highest BCUT2D eigenvalue weighted by atomic mass is 79.9. The molecular formula is C15H15BrN4OS. The third-order valence-corrected chi connectivity index (χ3v) is 4.00. The number of nitrogens with zero attached hydrogens (tertiary/aromatic N) is 3. The molecule has 2 aromatic rings. The summed E-state index contributed by atoms with van der Waals surface area (Å²) >= 11 is 4.94. The first kappa shape index (κ1) is 16.5. The fourth-order valence-corrected chi connectivity index (χ4v) is 2.66. The van der Waals surface area contributed by atoms with Crippen LogP contribution < -0.4 is 10.2 Å². The summed E-state index contributed by atoms with van der Waals surface area (Å²) in [6.07, 6.45) is 2.89. The lowest BCUT2D eigenvalue weighted by molar-refractivity contribution is 0.312. The van der Waals surface area contributed by atoms with E-state index in [1.165, 1.54) is 11.3 Å². The molecule has 0 spiro atoms. The molecule has 1 N–H and O–H groups in total. The molecule has 0 aliphatic carbocycles. The first-order valence-corrected chi connectivity index (χ1v) is 8.37. The highest BCUT2D eigenvalue weighted by molar-refractivity contribution is 9.10. The Hall–Kier alpha value is -1.91. The number of thiazole rings is 1. The van der Waals surface area contributed by atoms with Gasteiger partial charge >= 0.3 is 0 Å². The highest BCUT2D eigenvalue weighted by Crippen LogP contribution is 2.22. The van der Waals surface area contributed by atoms with E-state index < -0.39 is 0 Å². The number of nitriles is 1. The van der Waals surface area contributed by atoms with Gasteiger partial charge in [-0.2, -0.15) is 10.4 Å². The summed E-state index contributed by atoms with van der Waals surface area (Å²) < 4.78 is 6.64. The number of hydrazone groups is 1. The number of ether oxygens (including phenoxy) is 1. The van der Waals surface area contributed by atoms with Crippen molar-refractivity contribution in [1.82, 2.24) is 4.98 Å². The monoisotopic (exact) mass is 378 g/mol. The molecule has 0 saturated carbocycles. The second-order valence-electron chi connectivity index (χ2n) is 4.46. The van der Waals surface area contributed by atoms with Crippen molar-refractivity contribution in [3.63, 3.8) is 0 Å². The molecule has 1 aromatic heterocycles. The Bertz CT molecular complexity index is 693. The zero-order valence-corrected chi connectivity index (χ0v) is 14.4. The Morgan fingerprint density at radius 3 is 3.14 bits per heavy atom. The molecule has 0 aliphatic rings. The van der Waals surface area contributed by atoms with E-state index in [2.05, 4.69) is 37.5 Å².